The van der Waals surface area contributed by atoms with Gasteiger partial charge in [0.2, 0.25) is 5.91 Å². The molecular weight excluding hydrogens is 342 g/mol. The van der Waals surface area contributed by atoms with Crippen molar-refractivity contribution in [3.05, 3.63) is 71.8 Å². The first-order chi connectivity index (χ1) is 13.1. The van der Waals surface area contributed by atoms with E-state index in [-0.39, 0.29) is 29.9 Å². The van der Waals surface area contributed by atoms with E-state index >= 15 is 0 Å². The number of piperazine rings is 1. The topological polar surface area (TPSA) is 69.7 Å². The Hall–Kier alpha value is -3.15. The molecule has 0 radical (unpaired) electrons. The predicted octanol–water partition coefficient (Wildman–Crippen LogP) is 1.72. The number of urea groups is 1. The van der Waals surface area contributed by atoms with Crippen molar-refractivity contribution in [1.82, 2.24) is 15.1 Å². The van der Waals surface area contributed by atoms with Crippen LogP contribution in [0.4, 0.5) is 4.79 Å². The summed E-state index contributed by atoms with van der Waals surface area (Å²) in [6, 6.07) is 18.2. The van der Waals surface area contributed by atoms with Crippen LogP contribution >= 0.6 is 0 Å². The highest BCUT2D eigenvalue weighted by atomic mass is 16.2. The normalized spacial score (nSPS) is 25.9. The largest absolute Gasteiger partial charge is 0.334 e. The lowest BCUT2D eigenvalue weighted by atomic mass is 9.89. The van der Waals surface area contributed by atoms with Crippen molar-refractivity contribution >= 4 is 17.8 Å². The smallest absolute Gasteiger partial charge is 0.325 e. The zero-order chi connectivity index (χ0) is 18.5. The predicted molar refractivity (Wildman–Crippen MR) is 97.8 cm³/mol. The molecule has 3 atom stereocenters. The van der Waals surface area contributed by atoms with Crippen LogP contribution in [0.2, 0.25) is 0 Å². The van der Waals surface area contributed by atoms with E-state index in [1.165, 1.54) is 0 Å². The van der Waals surface area contributed by atoms with Crippen molar-refractivity contribution in [1.29, 1.82) is 0 Å². The quantitative estimate of drug-likeness (QED) is 0.847. The minimum absolute atomic E-state index is 0.00769. The molecule has 3 aliphatic rings. The first-order valence-corrected chi connectivity index (χ1v) is 9.18. The first-order valence-electron chi connectivity index (χ1n) is 9.18. The number of nitrogens with zero attached hydrogens (tertiary/aromatic N) is 2. The second-order valence-electron chi connectivity index (χ2n) is 7.35. The van der Waals surface area contributed by atoms with Gasteiger partial charge in [0.25, 0.3) is 5.91 Å². The number of hydrogen-bond acceptors (Lipinski definition) is 3. The maximum atomic E-state index is 13.6. The number of fused-ring (bicyclic) bond motifs is 5. The number of hydrogen-bond donors (Lipinski definition) is 1. The monoisotopic (exact) mass is 361 g/mol. The van der Waals surface area contributed by atoms with Gasteiger partial charge in [-0.1, -0.05) is 60.7 Å². The average molecular weight is 361 g/mol. The highest BCUT2D eigenvalue weighted by Gasteiger charge is 2.60. The van der Waals surface area contributed by atoms with Gasteiger partial charge in [0.15, 0.2) is 0 Å². The van der Waals surface area contributed by atoms with Crippen LogP contribution in [0.25, 0.3) is 0 Å². The summed E-state index contributed by atoms with van der Waals surface area (Å²) >= 11 is 0. The minimum Gasteiger partial charge on any atom is -0.334 e. The number of imide groups is 1. The number of carbonyl (C=O) groups excluding carboxylic acids is 3. The molecule has 4 amide bonds. The van der Waals surface area contributed by atoms with Crippen molar-refractivity contribution in [2.45, 2.75) is 30.5 Å². The summed E-state index contributed by atoms with van der Waals surface area (Å²) in [5.74, 6) is -0.715. The fraction of sp³-hybridized carbons (Fsp3) is 0.286. The van der Waals surface area contributed by atoms with Gasteiger partial charge in [0, 0.05) is 6.54 Å². The highest BCUT2D eigenvalue weighted by Crippen LogP contribution is 2.40. The lowest BCUT2D eigenvalue weighted by Crippen LogP contribution is -2.55. The van der Waals surface area contributed by atoms with Crippen LogP contribution < -0.4 is 5.32 Å². The van der Waals surface area contributed by atoms with Gasteiger partial charge in [-0.15, -0.1) is 0 Å². The second-order valence-corrected chi connectivity index (χ2v) is 7.35. The van der Waals surface area contributed by atoms with E-state index in [2.05, 4.69) is 5.32 Å². The summed E-state index contributed by atoms with van der Waals surface area (Å²) < 4.78 is 0. The first kappa shape index (κ1) is 16.1. The van der Waals surface area contributed by atoms with Crippen molar-refractivity contribution in [2.75, 3.05) is 6.54 Å². The molecule has 0 aliphatic carbocycles. The van der Waals surface area contributed by atoms with Crippen LogP contribution in [0, 0.1) is 0 Å². The summed E-state index contributed by atoms with van der Waals surface area (Å²) in [5, 5.41) is 2.38. The zero-order valence-electron chi connectivity index (χ0n) is 14.6. The Balaban J connectivity index is 1.50. The van der Waals surface area contributed by atoms with E-state index in [4.69, 9.17) is 0 Å². The molecule has 6 heteroatoms. The maximum Gasteiger partial charge on any atom is 0.325 e. The third kappa shape index (κ3) is 2.36. The lowest BCUT2D eigenvalue weighted by molar-refractivity contribution is -0.136. The molecule has 3 fully saturated rings. The van der Waals surface area contributed by atoms with E-state index in [0.717, 1.165) is 11.1 Å². The molecular formula is C21H19N3O3. The number of amides is 4. The summed E-state index contributed by atoms with van der Waals surface area (Å²) in [7, 11) is 0. The molecule has 136 valence electrons. The molecule has 5 rings (SSSR count). The molecule has 6 nitrogen and oxygen atoms in total. The van der Waals surface area contributed by atoms with Crippen molar-refractivity contribution < 1.29 is 14.4 Å². The second kappa shape index (κ2) is 5.94. The molecule has 3 heterocycles. The number of rotatable bonds is 3. The summed E-state index contributed by atoms with van der Waals surface area (Å²) in [6.45, 7) is 0.483. The Bertz CT molecular complexity index is 875. The van der Waals surface area contributed by atoms with Crippen LogP contribution in [0.15, 0.2) is 60.7 Å². The van der Waals surface area contributed by atoms with Gasteiger partial charge < -0.3 is 9.80 Å². The lowest BCUT2D eigenvalue weighted by Gasteiger charge is -2.37. The van der Waals surface area contributed by atoms with E-state index in [1.807, 2.05) is 65.6 Å². The Kier molecular flexibility index (Phi) is 3.53. The Morgan fingerprint density at radius 1 is 0.963 bits per heavy atom. The molecule has 3 saturated heterocycles. The number of benzene rings is 2. The Labute approximate surface area is 156 Å². The van der Waals surface area contributed by atoms with Gasteiger partial charge in [-0.25, -0.2) is 4.79 Å². The van der Waals surface area contributed by atoms with Gasteiger partial charge in [-0.05, 0) is 17.5 Å². The van der Waals surface area contributed by atoms with Crippen LogP contribution in [-0.4, -0.2) is 52.3 Å². The van der Waals surface area contributed by atoms with E-state index in [1.54, 1.807) is 4.90 Å². The van der Waals surface area contributed by atoms with Gasteiger partial charge >= 0.3 is 6.03 Å². The molecule has 0 spiro atoms. The van der Waals surface area contributed by atoms with Gasteiger partial charge in [0.05, 0.1) is 18.0 Å². The fourth-order valence-corrected chi connectivity index (χ4v) is 4.78. The zero-order valence-corrected chi connectivity index (χ0v) is 14.6. The van der Waals surface area contributed by atoms with Crippen LogP contribution in [0.5, 0.6) is 0 Å². The third-order valence-corrected chi connectivity index (χ3v) is 5.91. The minimum atomic E-state index is -0.549. The molecule has 0 aromatic heterocycles. The Morgan fingerprint density at radius 3 is 2.15 bits per heavy atom. The number of likely N-dealkylation sites (tertiary alicyclic amines) is 1. The summed E-state index contributed by atoms with van der Waals surface area (Å²) in [6.07, 6.45) is 0.672. The SMILES string of the molecule is O=C1NC(=O)N2C3CC(C12)N(C(=O)C(c1ccccc1)c1ccccc1)C3. The number of carbonyl (C=O) groups is 3. The van der Waals surface area contributed by atoms with Crippen molar-refractivity contribution in [3.63, 3.8) is 0 Å². The molecule has 27 heavy (non-hydrogen) atoms. The molecule has 1 N–H and O–H groups in total. The van der Waals surface area contributed by atoms with Crippen molar-refractivity contribution in [3.8, 4) is 0 Å². The van der Waals surface area contributed by atoms with Gasteiger partial charge in [-0.2, -0.15) is 0 Å². The molecule has 3 unspecified atom stereocenters. The van der Waals surface area contributed by atoms with Gasteiger partial charge in [-0.3, -0.25) is 14.9 Å². The van der Waals surface area contributed by atoms with Crippen molar-refractivity contribution in [2.24, 2.45) is 0 Å². The third-order valence-electron chi connectivity index (χ3n) is 5.91. The van der Waals surface area contributed by atoms with Gasteiger partial charge in [0.1, 0.15) is 6.04 Å². The fourth-order valence-electron chi connectivity index (χ4n) is 4.78. The van der Waals surface area contributed by atoms with E-state index in [9.17, 15) is 14.4 Å². The molecule has 0 saturated carbocycles. The van der Waals surface area contributed by atoms with E-state index < -0.39 is 12.0 Å². The maximum absolute atomic E-state index is 13.6. The standard InChI is InChI=1S/C21H19N3O3/c25-19-18-16-11-15(24(18)21(27)22-19)12-23(16)20(26)17(13-7-3-1-4-8-13)14-9-5-2-6-10-14/h1-10,15-18H,11-12H2,(H,22,25,27). The summed E-state index contributed by atoms with van der Waals surface area (Å²) in [4.78, 5) is 41.3. The van der Waals surface area contributed by atoms with Crippen LogP contribution in [-0.2, 0) is 9.59 Å². The van der Waals surface area contributed by atoms with Crippen LogP contribution in [0.1, 0.15) is 23.5 Å². The van der Waals surface area contributed by atoms with Crippen LogP contribution in [0.3, 0.4) is 0 Å². The average Bonchev–Trinajstić information content (AvgIpc) is 3.36. The molecule has 3 aliphatic heterocycles. The molecule has 2 bridgehead atoms. The number of nitrogens with one attached hydrogen (secondary N) is 1. The van der Waals surface area contributed by atoms with E-state index in [0.29, 0.717) is 13.0 Å². The highest BCUT2D eigenvalue weighted by molar-refractivity contribution is 6.06. The Morgan fingerprint density at radius 2 is 1.56 bits per heavy atom. The summed E-state index contributed by atoms with van der Waals surface area (Å²) in [5.41, 5.74) is 1.86. The molecule has 2 aromatic rings. The molecule has 2 aromatic carbocycles.